The van der Waals surface area contributed by atoms with Crippen LogP contribution in [0.1, 0.15) is 19.4 Å². The lowest BCUT2D eigenvalue weighted by molar-refractivity contribution is -0.116. The van der Waals surface area contributed by atoms with Crippen molar-refractivity contribution in [2.75, 3.05) is 27.8 Å². The van der Waals surface area contributed by atoms with Gasteiger partial charge in [-0.05, 0) is 36.1 Å². The van der Waals surface area contributed by atoms with Crippen LogP contribution >= 0.6 is 11.6 Å². The summed E-state index contributed by atoms with van der Waals surface area (Å²) in [6.07, 6.45) is 0.739. The van der Waals surface area contributed by atoms with Gasteiger partial charge in [-0.3, -0.25) is 9.52 Å². The van der Waals surface area contributed by atoms with Gasteiger partial charge in [0.1, 0.15) is 0 Å². The summed E-state index contributed by atoms with van der Waals surface area (Å²) in [5, 5.41) is 0. The highest BCUT2D eigenvalue weighted by molar-refractivity contribution is 7.92. The van der Waals surface area contributed by atoms with Crippen molar-refractivity contribution in [1.82, 2.24) is 0 Å². The quantitative estimate of drug-likeness (QED) is 0.842. The number of hydrogen-bond acceptors (Lipinski definition) is 3. The molecule has 1 aromatic rings. The largest absolute Gasteiger partial charge is 0.312 e. The fourth-order valence-electron chi connectivity index (χ4n) is 2.43. The number of alkyl halides is 1. The number of rotatable bonds is 5. The van der Waals surface area contributed by atoms with Crippen molar-refractivity contribution in [3.63, 3.8) is 0 Å². The molecule has 1 aliphatic heterocycles. The molecule has 1 atom stereocenters. The van der Waals surface area contributed by atoms with E-state index in [2.05, 4.69) is 4.72 Å². The number of nitrogens with zero attached hydrogens (tertiary/aromatic N) is 1. The van der Waals surface area contributed by atoms with Crippen LogP contribution in [0, 0.1) is 5.92 Å². The molecular weight excluding hydrogens is 312 g/mol. The molecule has 0 aliphatic carbocycles. The molecule has 0 aromatic heterocycles. The van der Waals surface area contributed by atoms with Crippen molar-refractivity contribution in [2.45, 2.75) is 20.3 Å². The Kier molecular flexibility index (Phi) is 4.78. The maximum atomic E-state index is 12.0. The first kappa shape index (κ1) is 16.1. The summed E-state index contributed by atoms with van der Waals surface area (Å²) in [5.41, 5.74) is 2.37. The van der Waals surface area contributed by atoms with Gasteiger partial charge in [-0.1, -0.05) is 6.92 Å². The normalized spacial score (nSPS) is 15.7. The van der Waals surface area contributed by atoms with Gasteiger partial charge in [0.15, 0.2) is 0 Å². The highest BCUT2D eigenvalue weighted by atomic mass is 35.5. The Morgan fingerprint density at radius 1 is 1.48 bits per heavy atom. The number of nitrogens with one attached hydrogen (secondary N) is 1. The number of carbonyl (C=O) groups is 1. The van der Waals surface area contributed by atoms with Crippen LogP contribution in [-0.4, -0.2) is 32.5 Å². The third-order valence-electron chi connectivity index (χ3n) is 3.40. The standard InChI is InChI=1S/C14H19ClN2O3S/c1-10(8-15)9-21(19,20)16-13-3-4-14-12(7-13)5-6-17(14)11(2)18/h3-4,7,10,16H,5-6,8-9H2,1-2H3. The highest BCUT2D eigenvalue weighted by Gasteiger charge is 2.23. The Morgan fingerprint density at radius 3 is 2.81 bits per heavy atom. The average molecular weight is 331 g/mol. The molecule has 0 bridgehead atoms. The van der Waals surface area contributed by atoms with Crippen molar-refractivity contribution in [3.8, 4) is 0 Å². The molecule has 0 saturated heterocycles. The van der Waals surface area contributed by atoms with E-state index in [4.69, 9.17) is 11.6 Å². The number of hydrogen-bond donors (Lipinski definition) is 1. The zero-order chi connectivity index (χ0) is 15.6. The van der Waals surface area contributed by atoms with Crippen LogP contribution in [0.25, 0.3) is 0 Å². The Balaban J connectivity index is 2.15. The molecule has 1 aromatic carbocycles. The maximum absolute atomic E-state index is 12.0. The second-order valence-electron chi connectivity index (χ2n) is 5.41. The van der Waals surface area contributed by atoms with Crippen LogP contribution in [0.5, 0.6) is 0 Å². The van der Waals surface area contributed by atoms with E-state index < -0.39 is 10.0 Å². The zero-order valence-corrected chi connectivity index (χ0v) is 13.7. The third-order valence-corrected chi connectivity index (χ3v) is 5.48. The fraction of sp³-hybridized carbons (Fsp3) is 0.500. The maximum Gasteiger partial charge on any atom is 0.233 e. The van der Waals surface area contributed by atoms with Gasteiger partial charge in [-0.25, -0.2) is 8.42 Å². The van der Waals surface area contributed by atoms with Gasteiger partial charge >= 0.3 is 0 Å². The zero-order valence-electron chi connectivity index (χ0n) is 12.1. The summed E-state index contributed by atoms with van der Waals surface area (Å²) in [6.45, 7) is 3.96. The number of amides is 1. The van der Waals surface area contributed by atoms with Crippen molar-refractivity contribution < 1.29 is 13.2 Å². The van der Waals surface area contributed by atoms with E-state index in [0.29, 0.717) is 18.1 Å². The van der Waals surface area contributed by atoms with E-state index in [1.807, 2.05) is 0 Å². The van der Waals surface area contributed by atoms with Crippen LogP contribution in [0.2, 0.25) is 0 Å². The number of benzene rings is 1. The molecular formula is C14H19ClN2O3S. The van der Waals surface area contributed by atoms with E-state index in [9.17, 15) is 13.2 Å². The summed E-state index contributed by atoms with van der Waals surface area (Å²) in [5.74, 6) is 0.191. The molecule has 1 amide bonds. The van der Waals surface area contributed by atoms with Crippen LogP contribution in [0.3, 0.4) is 0 Å². The second kappa shape index (κ2) is 6.23. The van der Waals surface area contributed by atoms with Gasteiger partial charge in [0, 0.05) is 30.7 Å². The van der Waals surface area contributed by atoms with Crippen molar-refractivity contribution in [3.05, 3.63) is 23.8 Å². The number of fused-ring (bicyclic) bond motifs is 1. The molecule has 5 nitrogen and oxygen atoms in total. The first-order valence-electron chi connectivity index (χ1n) is 6.80. The van der Waals surface area contributed by atoms with E-state index in [1.165, 1.54) is 6.92 Å². The monoisotopic (exact) mass is 330 g/mol. The van der Waals surface area contributed by atoms with Gasteiger partial charge in [0.2, 0.25) is 15.9 Å². The van der Waals surface area contributed by atoms with Crippen molar-refractivity contribution in [1.29, 1.82) is 0 Å². The van der Waals surface area contributed by atoms with Crippen LogP contribution in [-0.2, 0) is 21.2 Å². The number of halogens is 1. The van der Waals surface area contributed by atoms with E-state index in [1.54, 1.807) is 30.0 Å². The SMILES string of the molecule is CC(=O)N1CCc2cc(NS(=O)(=O)CC(C)CCl)ccc21. The topological polar surface area (TPSA) is 66.5 Å². The van der Waals surface area contributed by atoms with E-state index in [0.717, 1.165) is 17.7 Å². The van der Waals surface area contributed by atoms with Gasteiger partial charge in [0.25, 0.3) is 0 Å². The van der Waals surface area contributed by atoms with Gasteiger partial charge in [-0.15, -0.1) is 11.6 Å². The number of carbonyl (C=O) groups excluding carboxylic acids is 1. The van der Waals surface area contributed by atoms with Crippen LogP contribution < -0.4 is 9.62 Å². The molecule has 7 heteroatoms. The van der Waals surface area contributed by atoms with E-state index in [-0.39, 0.29) is 17.6 Å². The predicted molar refractivity (Wildman–Crippen MR) is 85.5 cm³/mol. The van der Waals surface area contributed by atoms with Crippen molar-refractivity contribution >= 4 is 38.9 Å². The Hall–Kier alpha value is -1.27. The lowest BCUT2D eigenvalue weighted by Gasteiger charge is -2.15. The minimum Gasteiger partial charge on any atom is -0.312 e. The van der Waals surface area contributed by atoms with E-state index >= 15 is 0 Å². The van der Waals surface area contributed by atoms with Gasteiger partial charge < -0.3 is 4.90 Å². The van der Waals surface area contributed by atoms with Crippen LogP contribution in [0.15, 0.2) is 18.2 Å². The summed E-state index contributed by atoms with van der Waals surface area (Å²) in [4.78, 5) is 13.2. The summed E-state index contributed by atoms with van der Waals surface area (Å²) in [7, 11) is -3.41. The molecule has 0 spiro atoms. The Morgan fingerprint density at radius 2 is 2.19 bits per heavy atom. The lowest BCUT2D eigenvalue weighted by Crippen LogP contribution is -2.25. The summed E-state index contributed by atoms with van der Waals surface area (Å²) >= 11 is 5.65. The molecule has 0 fully saturated rings. The number of sulfonamides is 1. The second-order valence-corrected chi connectivity index (χ2v) is 7.48. The highest BCUT2D eigenvalue weighted by Crippen LogP contribution is 2.30. The fourth-order valence-corrected chi connectivity index (χ4v) is 4.11. The van der Waals surface area contributed by atoms with Gasteiger partial charge in [0.05, 0.1) is 5.75 Å². The molecule has 1 heterocycles. The molecule has 1 aliphatic rings. The molecule has 21 heavy (non-hydrogen) atoms. The minimum atomic E-state index is -3.41. The molecule has 1 unspecified atom stereocenters. The summed E-state index contributed by atoms with van der Waals surface area (Å²) in [6, 6.07) is 5.26. The van der Waals surface area contributed by atoms with Crippen molar-refractivity contribution in [2.24, 2.45) is 5.92 Å². The molecule has 0 saturated carbocycles. The van der Waals surface area contributed by atoms with Gasteiger partial charge in [-0.2, -0.15) is 0 Å². The molecule has 1 N–H and O–H groups in total. The first-order chi connectivity index (χ1) is 9.82. The average Bonchev–Trinajstić information content (AvgIpc) is 2.80. The number of anilines is 2. The molecule has 2 rings (SSSR count). The minimum absolute atomic E-state index is 0.00184. The summed E-state index contributed by atoms with van der Waals surface area (Å²) < 4.78 is 26.6. The molecule has 0 radical (unpaired) electrons. The Labute approximate surface area is 130 Å². The lowest BCUT2D eigenvalue weighted by atomic mass is 10.1. The molecule has 116 valence electrons. The van der Waals surface area contributed by atoms with Crippen LogP contribution in [0.4, 0.5) is 11.4 Å². The third kappa shape index (κ3) is 3.89. The predicted octanol–water partition coefficient (Wildman–Crippen LogP) is 2.21. The smallest absolute Gasteiger partial charge is 0.233 e. The first-order valence-corrected chi connectivity index (χ1v) is 8.98. The Bertz CT molecular complexity index is 646.